The van der Waals surface area contributed by atoms with Crippen LogP contribution < -0.4 is 16.4 Å². The quantitative estimate of drug-likeness (QED) is 0.0869. The van der Waals surface area contributed by atoms with E-state index in [1.54, 1.807) is 27.7 Å². The van der Waals surface area contributed by atoms with Crippen molar-refractivity contribution in [1.29, 1.82) is 0 Å². The lowest BCUT2D eigenvalue weighted by atomic mass is 10.0. The van der Waals surface area contributed by atoms with E-state index in [-0.39, 0.29) is 35.0 Å². The summed E-state index contributed by atoms with van der Waals surface area (Å²) in [5.41, 5.74) is 6.26. The van der Waals surface area contributed by atoms with Gasteiger partial charge in [-0.3, -0.25) is 24.0 Å². The summed E-state index contributed by atoms with van der Waals surface area (Å²) in [5, 5.41) is 25.5. The number of hydrogen-bond acceptors (Lipinski definition) is 9. The predicted molar refractivity (Wildman–Crippen MR) is 171 cm³/mol. The molecule has 5 amide bonds. The number of nitrogens with one attached hydrogen (secondary N) is 2. The Balaban J connectivity index is 2.24. The molecule has 0 radical (unpaired) electrons. The van der Waals surface area contributed by atoms with Crippen LogP contribution in [0, 0.1) is 12.8 Å². The van der Waals surface area contributed by atoms with Gasteiger partial charge in [0, 0.05) is 20.1 Å². The summed E-state index contributed by atoms with van der Waals surface area (Å²) in [5.74, 6) is -3.67. The molecule has 46 heavy (non-hydrogen) atoms. The van der Waals surface area contributed by atoms with Crippen molar-refractivity contribution in [3.05, 3.63) is 35.4 Å². The fourth-order valence-electron chi connectivity index (χ4n) is 5.42. The molecule has 1 heterocycles. The fraction of sp³-hybridized carbons (Fsp3) is 0.562. The second kappa shape index (κ2) is 15.7. The molecular weight excluding hydrogens is 596 g/mol. The molecule has 14 nitrogen and oxygen atoms in total. The molecule has 6 N–H and O–H groups in total. The van der Waals surface area contributed by atoms with Crippen molar-refractivity contribution in [2.75, 3.05) is 26.4 Å². The van der Waals surface area contributed by atoms with E-state index in [0.29, 0.717) is 24.7 Å². The first-order valence-electron chi connectivity index (χ1n) is 15.2. The molecule has 0 aliphatic carbocycles. The summed E-state index contributed by atoms with van der Waals surface area (Å²) < 4.78 is 0. The number of benzene rings is 1. The maximum atomic E-state index is 13.9. The van der Waals surface area contributed by atoms with Gasteiger partial charge in [-0.25, -0.2) is 0 Å². The van der Waals surface area contributed by atoms with Crippen molar-refractivity contribution in [2.24, 2.45) is 5.92 Å². The smallest absolute Gasteiger partial charge is 0.254 e. The van der Waals surface area contributed by atoms with Gasteiger partial charge in [0.15, 0.2) is 0 Å². The third-order valence-corrected chi connectivity index (χ3v) is 8.36. The summed E-state index contributed by atoms with van der Waals surface area (Å²) >= 11 is 0. The Kier molecular flexibility index (Phi) is 12.9. The summed E-state index contributed by atoms with van der Waals surface area (Å²) in [7, 11) is 2.94. The number of likely N-dealkylation sites (tertiary alicyclic amines) is 1. The number of likely N-dealkylation sites (N-methyl/N-ethyl adjacent to an activating group) is 2. The summed E-state index contributed by atoms with van der Waals surface area (Å²) in [6.07, 6.45) is 0.0883. The Morgan fingerprint density at radius 2 is 1.74 bits per heavy atom. The molecule has 1 aromatic carbocycles. The number of aliphatic hydroxyl groups excluding tert-OH is 1. The van der Waals surface area contributed by atoms with E-state index in [9.17, 15) is 39.0 Å². The Bertz CT molecular complexity index is 1360. The summed E-state index contributed by atoms with van der Waals surface area (Å²) in [6.45, 7) is 13.3. The lowest BCUT2D eigenvalue weighted by Gasteiger charge is -2.35. The van der Waals surface area contributed by atoms with Crippen molar-refractivity contribution in [2.45, 2.75) is 90.7 Å². The number of nitrogens with zero attached hydrogens (tertiary/aromatic N) is 3. The number of phenolic OH excluding ortho intramolecular Hbond substituents is 1. The van der Waals surface area contributed by atoms with E-state index in [1.165, 1.54) is 54.8 Å². The number of carbonyl (C=O) groups excluding carboxylic acids is 6. The van der Waals surface area contributed by atoms with Gasteiger partial charge in [-0.1, -0.05) is 26.5 Å². The van der Waals surface area contributed by atoms with Crippen LogP contribution in [0.15, 0.2) is 24.3 Å². The molecule has 0 spiro atoms. The molecule has 0 bridgehead atoms. The standard InChI is InChI=1S/C32H48N6O8/c1-16(2)23(15-39)37(9)24(41)14-36(8)31(45)22-13-11-19(6)38(22)32(46)26(17(3)4)34-30(44)27(20(7)40)35-29(43)21-12-10-18(5)28(42)25(21)33/h10,12,15-16,19-20,22-23,26-27,40,42H,3,11,13-14,33H2,1-2,4-9H3,(H,34,44)(H,35,43). The maximum Gasteiger partial charge on any atom is 0.254 e. The van der Waals surface area contributed by atoms with Crippen LogP contribution in [0.5, 0.6) is 5.75 Å². The zero-order chi connectivity index (χ0) is 35.2. The van der Waals surface area contributed by atoms with E-state index < -0.39 is 65.8 Å². The largest absolute Gasteiger partial charge is 0.505 e. The first kappa shape index (κ1) is 37.7. The molecule has 0 saturated carbocycles. The SMILES string of the molecule is C=C(C)C(NC(=O)C(NC(=O)c1ccc(C)c(O)c1N)C(C)O)C(=O)N1C(C)CCC1C(=O)N(C)CC(=O)N(C)C(C=O)C(C)C. The van der Waals surface area contributed by atoms with Gasteiger partial charge >= 0.3 is 0 Å². The molecule has 1 saturated heterocycles. The van der Waals surface area contributed by atoms with Crippen molar-refractivity contribution in [3.8, 4) is 5.75 Å². The van der Waals surface area contributed by atoms with Gasteiger partial charge in [0.1, 0.15) is 30.2 Å². The molecule has 0 aromatic heterocycles. The van der Waals surface area contributed by atoms with Crippen LogP contribution in [-0.2, 0) is 24.0 Å². The van der Waals surface area contributed by atoms with Crippen LogP contribution in [0.25, 0.3) is 0 Å². The average molecular weight is 645 g/mol. The highest BCUT2D eigenvalue weighted by Gasteiger charge is 2.43. The molecule has 6 atom stereocenters. The second-order valence-corrected chi connectivity index (χ2v) is 12.4. The van der Waals surface area contributed by atoms with E-state index >= 15 is 0 Å². The van der Waals surface area contributed by atoms with Gasteiger partial charge in [0.25, 0.3) is 5.91 Å². The molecular formula is C32H48N6O8. The zero-order valence-electron chi connectivity index (χ0n) is 27.9. The number of aryl methyl sites for hydroxylation is 1. The number of carbonyl (C=O) groups is 6. The topological polar surface area (TPSA) is 203 Å². The van der Waals surface area contributed by atoms with E-state index in [2.05, 4.69) is 17.2 Å². The highest BCUT2D eigenvalue weighted by atomic mass is 16.3. The minimum absolute atomic E-state index is 0.110. The van der Waals surface area contributed by atoms with Gasteiger partial charge in [-0.2, -0.15) is 0 Å². The monoisotopic (exact) mass is 644 g/mol. The molecule has 1 fully saturated rings. The molecule has 2 rings (SSSR count). The number of amides is 5. The number of anilines is 1. The highest BCUT2D eigenvalue weighted by Crippen LogP contribution is 2.29. The summed E-state index contributed by atoms with van der Waals surface area (Å²) in [6, 6.07) is -1.96. The van der Waals surface area contributed by atoms with Crippen LogP contribution in [0.4, 0.5) is 5.69 Å². The Morgan fingerprint density at radius 3 is 2.26 bits per heavy atom. The number of aldehydes is 1. The van der Waals surface area contributed by atoms with Crippen LogP contribution >= 0.6 is 0 Å². The van der Waals surface area contributed by atoms with Gasteiger partial charge in [0.2, 0.25) is 23.6 Å². The number of nitrogen functional groups attached to an aromatic ring is 1. The molecule has 1 aliphatic rings. The van der Waals surface area contributed by atoms with Gasteiger partial charge in [-0.15, -0.1) is 0 Å². The Labute approximate surface area is 270 Å². The van der Waals surface area contributed by atoms with Gasteiger partial charge in [-0.05, 0) is 63.7 Å². The molecule has 1 aromatic rings. The Morgan fingerprint density at radius 1 is 1.13 bits per heavy atom. The van der Waals surface area contributed by atoms with Crippen LogP contribution in [0.1, 0.15) is 63.4 Å². The molecule has 6 unspecified atom stereocenters. The van der Waals surface area contributed by atoms with Crippen molar-refractivity contribution in [1.82, 2.24) is 25.3 Å². The lowest BCUT2D eigenvalue weighted by molar-refractivity contribution is -0.148. The van der Waals surface area contributed by atoms with E-state index in [4.69, 9.17) is 5.73 Å². The van der Waals surface area contributed by atoms with Crippen molar-refractivity contribution >= 4 is 41.5 Å². The normalized spacial score (nSPS) is 18.6. The van der Waals surface area contributed by atoms with Crippen molar-refractivity contribution in [3.63, 3.8) is 0 Å². The minimum atomic E-state index is -1.52. The number of hydrogen-bond donors (Lipinski definition) is 5. The first-order valence-corrected chi connectivity index (χ1v) is 15.2. The fourth-order valence-corrected chi connectivity index (χ4v) is 5.42. The maximum absolute atomic E-state index is 13.9. The highest BCUT2D eigenvalue weighted by molar-refractivity contribution is 6.03. The predicted octanol–water partition coefficient (Wildman–Crippen LogP) is 0.343. The van der Waals surface area contributed by atoms with Crippen molar-refractivity contribution < 1.29 is 39.0 Å². The first-order chi connectivity index (χ1) is 21.3. The second-order valence-electron chi connectivity index (χ2n) is 12.4. The third-order valence-electron chi connectivity index (χ3n) is 8.36. The zero-order valence-corrected chi connectivity index (χ0v) is 27.9. The molecule has 1 aliphatic heterocycles. The molecule has 14 heteroatoms. The van der Waals surface area contributed by atoms with Gasteiger partial charge < -0.3 is 46.1 Å². The van der Waals surface area contributed by atoms with Gasteiger partial charge in [0.05, 0.1) is 29.9 Å². The number of phenols is 1. The van der Waals surface area contributed by atoms with E-state index in [0.717, 1.165) is 0 Å². The minimum Gasteiger partial charge on any atom is -0.505 e. The number of rotatable bonds is 13. The lowest BCUT2D eigenvalue weighted by Crippen LogP contribution is -2.60. The van der Waals surface area contributed by atoms with Crippen LogP contribution in [0.3, 0.4) is 0 Å². The Hall–Kier alpha value is -4.46. The van der Waals surface area contributed by atoms with Crippen LogP contribution in [-0.4, -0.2) is 118 Å². The number of aromatic hydroxyl groups is 1. The number of aliphatic hydroxyl groups is 1. The molecule has 254 valence electrons. The number of nitrogens with two attached hydrogens (primary N) is 1. The third kappa shape index (κ3) is 8.42. The summed E-state index contributed by atoms with van der Waals surface area (Å²) in [4.78, 5) is 82.1. The van der Waals surface area contributed by atoms with Crippen LogP contribution in [0.2, 0.25) is 0 Å². The van der Waals surface area contributed by atoms with E-state index in [1.807, 2.05) is 0 Å². The average Bonchev–Trinajstić information content (AvgIpc) is 3.37.